The highest BCUT2D eigenvalue weighted by Gasteiger charge is 2.00. The molecule has 0 atom stereocenters. The lowest BCUT2D eigenvalue weighted by Gasteiger charge is -2.05. The van der Waals surface area contributed by atoms with Gasteiger partial charge in [-0.1, -0.05) is 49.1 Å². The molecule has 0 amide bonds. The predicted molar refractivity (Wildman–Crippen MR) is 70.9 cm³/mol. The second-order valence-electron chi connectivity index (χ2n) is 3.89. The molecule has 0 saturated carbocycles. The van der Waals surface area contributed by atoms with Gasteiger partial charge in [0.1, 0.15) is 0 Å². The van der Waals surface area contributed by atoms with Crippen molar-refractivity contribution in [3.05, 3.63) is 54.1 Å². The molecule has 0 spiro atoms. The quantitative estimate of drug-likeness (QED) is 0.573. The monoisotopic (exact) mass is 230 g/mol. The number of benzene rings is 1. The third kappa shape index (κ3) is 5.16. The zero-order valence-corrected chi connectivity index (χ0v) is 9.93. The van der Waals surface area contributed by atoms with Crippen LogP contribution in [0.15, 0.2) is 43.0 Å². The van der Waals surface area contributed by atoms with Crippen LogP contribution in [0.2, 0.25) is 0 Å². The van der Waals surface area contributed by atoms with Crippen LogP contribution in [0.5, 0.6) is 0 Å². The first kappa shape index (κ1) is 13.2. The molecule has 0 aliphatic rings. The number of carboxylic acids is 1. The Kier molecular flexibility index (Phi) is 5.80. The Hall–Kier alpha value is -1.83. The van der Waals surface area contributed by atoms with E-state index in [0.29, 0.717) is 0 Å². The van der Waals surface area contributed by atoms with Gasteiger partial charge in [-0.25, -0.2) is 0 Å². The van der Waals surface area contributed by atoms with Crippen LogP contribution in [0.1, 0.15) is 30.4 Å². The first-order valence-corrected chi connectivity index (χ1v) is 5.83. The summed E-state index contributed by atoms with van der Waals surface area (Å²) < 4.78 is 0. The maximum absolute atomic E-state index is 10.4. The van der Waals surface area contributed by atoms with E-state index in [1.54, 1.807) is 6.08 Å². The van der Waals surface area contributed by atoms with Gasteiger partial charge in [-0.2, -0.15) is 0 Å². The third-order valence-corrected chi connectivity index (χ3v) is 2.55. The van der Waals surface area contributed by atoms with Gasteiger partial charge in [0, 0.05) is 6.42 Å². The Morgan fingerprint density at radius 2 is 2.06 bits per heavy atom. The summed E-state index contributed by atoms with van der Waals surface area (Å²) in [5, 5.41) is 8.56. The van der Waals surface area contributed by atoms with Gasteiger partial charge in [0.25, 0.3) is 0 Å². The number of unbranched alkanes of at least 4 members (excludes halogenated alkanes) is 1. The first-order valence-electron chi connectivity index (χ1n) is 5.83. The van der Waals surface area contributed by atoms with Crippen LogP contribution in [-0.4, -0.2) is 11.1 Å². The Balaban J connectivity index is 2.54. The molecule has 90 valence electrons. The lowest BCUT2D eigenvalue weighted by molar-refractivity contribution is -0.137. The van der Waals surface area contributed by atoms with Crippen LogP contribution in [0, 0.1) is 0 Å². The average molecular weight is 230 g/mol. The number of rotatable bonds is 7. The molecular formula is C15H18O2. The standard InChI is InChI=1S/C15H18O2/c1-2-3-8-13-9-4-5-10-14(13)11-6-7-12-15(16)17/h2-5,8-10H,1,6-7,11-12H2,(H,16,17)/b8-3+. The van der Waals surface area contributed by atoms with Gasteiger partial charge >= 0.3 is 5.97 Å². The molecule has 0 fully saturated rings. The van der Waals surface area contributed by atoms with Gasteiger partial charge in [-0.05, 0) is 30.4 Å². The summed E-state index contributed by atoms with van der Waals surface area (Å²) in [6.45, 7) is 3.65. The summed E-state index contributed by atoms with van der Waals surface area (Å²) in [4.78, 5) is 10.4. The Labute approximate surface area is 102 Å². The fourth-order valence-corrected chi connectivity index (χ4v) is 1.69. The van der Waals surface area contributed by atoms with Crippen LogP contribution >= 0.6 is 0 Å². The lowest BCUT2D eigenvalue weighted by Crippen LogP contribution is -1.95. The Morgan fingerprint density at radius 1 is 1.29 bits per heavy atom. The summed E-state index contributed by atoms with van der Waals surface area (Å²) in [7, 11) is 0. The molecule has 0 radical (unpaired) electrons. The largest absolute Gasteiger partial charge is 0.481 e. The van der Waals surface area contributed by atoms with Crippen molar-refractivity contribution in [2.24, 2.45) is 0 Å². The Bertz CT molecular complexity index is 405. The smallest absolute Gasteiger partial charge is 0.303 e. The minimum atomic E-state index is -0.718. The number of hydrogen-bond acceptors (Lipinski definition) is 1. The van der Waals surface area contributed by atoms with Crippen LogP contribution in [-0.2, 0) is 11.2 Å². The summed E-state index contributed by atoms with van der Waals surface area (Å²) in [6.07, 6.45) is 8.51. The van der Waals surface area contributed by atoms with Crippen LogP contribution in [0.25, 0.3) is 6.08 Å². The second kappa shape index (κ2) is 7.44. The van der Waals surface area contributed by atoms with Crippen molar-refractivity contribution in [1.29, 1.82) is 0 Å². The minimum absolute atomic E-state index is 0.255. The predicted octanol–water partition coefficient (Wildman–Crippen LogP) is 3.68. The number of aryl methyl sites for hydroxylation is 1. The maximum atomic E-state index is 10.4. The summed E-state index contributed by atoms with van der Waals surface area (Å²) in [5.41, 5.74) is 2.44. The van der Waals surface area contributed by atoms with E-state index in [4.69, 9.17) is 5.11 Å². The van der Waals surface area contributed by atoms with Crippen molar-refractivity contribution in [3.8, 4) is 0 Å². The first-order chi connectivity index (χ1) is 8.24. The summed E-state index contributed by atoms with van der Waals surface area (Å²) in [6, 6.07) is 8.16. The van der Waals surface area contributed by atoms with Gasteiger partial charge in [-0.15, -0.1) is 0 Å². The second-order valence-corrected chi connectivity index (χ2v) is 3.89. The van der Waals surface area contributed by atoms with Crippen molar-refractivity contribution in [2.45, 2.75) is 25.7 Å². The van der Waals surface area contributed by atoms with Crippen LogP contribution in [0.4, 0.5) is 0 Å². The van der Waals surface area contributed by atoms with Crippen molar-refractivity contribution >= 4 is 12.0 Å². The normalized spacial score (nSPS) is 10.6. The molecule has 0 aromatic heterocycles. The van der Waals surface area contributed by atoms with Gasteiger partial charge in [0.15, 0.2) is 0 Å². The van der Waals surface area contributed by atoms with E-state index in [1.165, 1.54) is 11.1 Å². The molecule has 1 rings (SSSR count). The molecule has 1 N–H and O–H groups in total. The van der Waals surface area contributed by atoms with Crippen molar-refractivity contribution in [1.82, 2.24) is 0 Å². The fraction of sp³-hybridized carbons (Fsp3) is 0.267. The van der Waals surface area contributed by atoms with E-state index >= 15 is 0 Å². The third-order valence-electron chi connectivity index (χ3n) is 2.55. The zero-order chi connectivity index (χ0) is 12.5. The average Bonchev–Trinajstić information content (AvgIpc) is 2.33. The summed E-state index contributed by atoms with van der Waals surface area (Å²) in [5.74, 6) is -0.718. The minimum Gasteiger partial charge on any atom is -0.481 e. The molecule has 0 heterocycles. The van der Waals surface area contributed by atoms with E-state index in [2.05, 4.69) is 18.7 Å². The van der Waals surface area contributed by atoms with Crippen molar-refractivity contribution in [3.63, 3.8) is 0 Å². The van der Waals surface area contributed by atoms with Gasteiger partial charge in [0.05, 0.1) is 0 Å². The van der Waals surface area contributed by atoms with E-state index in [0.717, 1.165) is 19.3 Å². The van der Waals surface area contributed by atoms with Gasteiger partial charge in [-0.3, -0.25) is 4.79 Å². The Morgan fingerprint density at radius 3 is 2.76 bits per heavy atom. The number of carboxylic acid groups (broad SMARTS) is 1. The highest BCUT2D eigenvalue weighted by molar-refractivity contribution is 5.66. The number of allylic oxidation sites excluding steroid dienone is 2. The highest BCUT2D eigenvalue weighted by atomic mass is 16.4. The molecule has 1 aromatic rings. The molecular weight excluding hydrogens is 212 g/mol. The topological polar surface area (TPSA) is 37.3 Å². The number of aliphatic carboxylic acids is 1. The fourth-order valence-electron chi connectivity index (χ4n) is 1.69. The zero-order valence-electron chi connectivity index (χ0n) is 9.93. The van der Waals surface area contributed by atoms with E-state index in [9.17, 15) is 4.79 Å². The van der Waals surface area contributed by atoms with E-state index < -0.39 is 5.97 Å². The highest BCUT2D eigenvalue weighted by Crippen LogP contribution is 2.14. The number of carbonyl (C=O) groups is 1. The molecule has 0 aliphatic heterocycles. The molecule has 0 saturated heterocycles. The lowest BCUT2D eigenvalue weighted by atomic mass is 10.0. The van der Waals surface area contributed by atoms with Crippen LogP contribution < -0.4 is 0 Å². The molecule has 0 unspecified atom stereocenters. The molecule has 17 heavy (non-hydrogen) atoms. The maximum Gasteiger partial charge on any atom is 0.303 e. The molecule has 1 aromatic carbocycles. The van der Waals surface area contributed by atoms with Crippen molar-refractivity contribution < 1.29 is 9.90 Å². The molecule has 2 nitrogen and oxygen atoms in total. The van der Waals surface area contributed by atoms with Crippen LogP contribution in [0.3, 0.4) is 0 Å². The number of hydrogen-bond donors (Lipinski definition) is 1. The SMILES string of the molecule is C=C/C=C/c1ccccc1CCCCC(=O)O. The van der Waals surface area contributed by atoms with Gasteiger partial charge < -0.3 is 5.11 Å². The van der Waals surface area contributed by atoms with Crippen molar-refractivity contribution in [2.75, 3.05) is 0 Å². The van der Waals surface area contributed by atoms with E-state index in [-0.39, 0.29) is 6.42 Å². The van der Waals surface area contributed by atoms with E-state index in [1.807, 2.05) is 24.3 Å². The molecule has 0 bridgehead atoms. The summed E-state index contributed by atoms with van der Waals surface area (Å²) >= 11 is 0. The molecule has 2 heteroatoms. The molecule has 0 aliphatic carbocycles. The van der Waals surface area contributed by atoms with Gasteiger partial charge in [0.2, 0.25) is 0 Å².